The summed E-state index contributed by atoms with van der Waals surface area (Å²) in [5.41, 5.74) is 6.48. The third-order valence-corrected chi connectivity index (χ3v) is 4.41. The van der Waals surface area contributed by atoms with Gasteiger partial charge in [0.05, 0.1) is 0 Å². The molecule has 1 aromatic carbocycles. The average Bonchev–Trinajstić information content (AvgIpc) is 2.57. The molecule has 0 aromatic heterocycles. The average molecular weight is 275 g/mol. The molecule has 0 spiro atoms. The quantitative estimate of drug-likeness (QED) is 0.721. The van der Waals surface area contributed by atoms with Crippen molar-refractivity contribution in [2.24, 2.45) is 5.92 Å². The van der Waals surface area contributed by atoms with Crippen LogP contribution in [0.15, 0.2) is 71.4 Å². The van der Waals surface area contributed by atoms with Gasteiger partial charge in [-0.1, -0.05) is 54.1 Å². The fourth-order valence-corrected chi connectivity index (χ4v) is 3.22. The molecule has 21 heavy (non-hydrogen) atoms. The Kier molecular flexibility index (Phi) is 4.01. The molecule has 1 nitrogen and oxygen atoms in total. The zero-order chi connectivity index (χ0) is 14.7. The molecule has 1 heteroatoms. The van der Waals surface area contributed by atoms with E-state index in [0.717, 1.165) is 24.8 Å². The Hall–Kier alpha value is -2.15. The minimum atomic E-state index is 0.415. The molecule has 0 saturated carbocycles. The van der Waals surface area contributed by atoms with Gasteiger partial charge in [-0.3, -0.25) is 0 Å². The molecule has 0 amide bonds. The lowest BCUT2D eigenvalue weighted by Crippen LogP contribution is -2.13. The van der Waals surface area contributed by atoms with Crippen LogP contribution in [0.1, 0.15) is 31.7 Å². The van der Waals surface area contributed by atoms with E-state index < -0.39 is 0 Å². The van der Waals surface area contributed by atoms with Crippen LogP contribution in [-0.2, 0) is 0 Å². The summed E-state index contributed by atoms with van der Waals surface area (Å²) in [4.78, 5) is 0. The summed E-state index contributed by atoms with van der Waals surface area (Å²) >= 11 is 0. The van der Waals surface area contributed by atoms with E-state index in [1.165, 1.54) is 28.5 Å². The van der Waals surface area contributed by atoms with E-state index in [4.69, 9.17) is 5.41 Å². The van der Waals surface area contributed by atoms with Crippen molar-refractivity contribution < 1.29 is 0 Å². The van der Waals surface area contributed by atoms with E-state index in [1.807, 2.05) is 6.07 Å². The molecular formula is C20H21N. The zero-order valence-electron chi connectivity index (χ0n) is 12.5. The van der Waals surface area contributed by atoms with Crippen molar-refractivity contribution in [2.75, 3.05) is 0 Å². The fraction of sp³-hybridized carbons (Fsp3) is 0.250. The van der Waals surface area contributed by atoms with Gasteiger partial charge in [0.1, 0.15) is 0 Å². The van der Waals surface area contributed by atoms with Crippen LogP contribution in [0.25, 0.3) is 5.57 Å². The standard InChI is InChI=1S/C20H21N/c1-15-19(17-8-4-2-5-9-17)12-16(14-21)13-20(15)18-10-6-3-7-11-18/h2,4-6,8-12,14,20-21H,3,7,13H2,1H3. The maximum Gasteiger partial charge on any atom is 0.0210 e. The Morgan fingerprint density at radius 1 is 1.14 bits per heavy atom. The van der Waals surface area contributed by atoms with Crippen molar-refractivity contribution in [1.29, 1.82) is 5.41 Å². The van der Waals surface area contributed by atoms with Gasteiger partial charge >= 0.3 is 0 Å². The fourth-order valence-electron chi connectivity index (χ4n) is 3.22. The monoisotopic (exact) mass is 275 g/mol. The summed E-state index contributed by atoms with van der Waals surface area (Å²) in [6.45, 7) is 2.24. The van der Waals surface area contributed by atoms with Crippen LogP contribution in [-0.4, -0.2) is 6.21 Å². The third-order valence-electron chi connectivity index (χ3n) is 4.41. The van der Waals surface area contributed by atoms with E-state index in [1.54, 1.807) is 0 Å². The highest BCUT2D eigenvalue weighted by Gasteiger charge is 2.23. The number of benzene rings is 1. The van der Waals surface area contributed by atoms with E-state index in [0.29, 0.717) is 5.92 Å². The Morgan fingerprint density at radius 3 is 2.62 bits per heavy atom. The van der Waals surface area contributed by atoms with E-state index in [-0.39, 0.29) is 0 Å². The largest absolute Gasteiger partial charge is 0.308 e. The highest BCUT2D eigenvalue weighted by atomic mass is 14.4. The molecule has 1 aromatic rings. The lowest BCUT2D eigenvalue weighted by atomic mass is 9.77. The first-order valence-corrected chi connectivity index (χ1v) is 7.63. The number of rotatable bonds is 3. The lowest BCUT2D eigenvalue weighted by Gasteiger charge is -2.28. The van der Waals surface area contributed by atoms with Crippen molar-refractivity contribution in [3.05, 3.63) is 76.9 Å². The normalized spacial score (nSPS) is 21.9. The topological polar surface area (TPSA) is 23.9 Å². The van der Waals surface area contributed by atoms with Gasteiger partial charge in [-0.2, -0.15) is 0 Å². The van der Waals surface area contributed by atoms with Crippen molar-refractivity contribution >= 4 is 11.8 Å². The minimum Gasteiger partial charge on any atom is -0.308 e. The summed E-state index contributed by atoms with van der Waals surface area (Å²) < 4.78 is 0. The van der Waals surface area contributed by atoms with Gasteiger partial charge in [-0.15, -0.1) is 0 Å². The van der Waals surface area contributed by atoms with E-state index in [2.05, 4.69) is 55.5 Å². The first kappa shape index (κ1) is 13.8. The highest BCUT2D eigenvalue weighted by Crippen LogP contribution is 2.39. The first-order chi connectivity index (χ1) is 10.3. The number of hydrogen-bond acceptors (Lipinski definition) is 1. The van der Waals surface area contributed by atoms with Crippen molar-refractivity contribution in [3.8, 4) is 0 Å². The summed E-state index contributed by atoms with van der Waals surface area (Å²) in [5, 5.41) is 7.67. The molecular weight excluding hydrogens is 254 g/mol. The molecule has 0 saturated heterocycles. The van der Waals surface area contributed by atoms with Crippen molar-refractivity contribution in [1.82, 2.24) is 0 Å². The maximum atomic E-state index is 7.67. The molecule has 3 rings (SSSR count). The second-order valence-electron chi connectivity index (χ2n) is 5.77. The number of hydrogen-bond donors (Lipinski definition) is 1. The Labute approximate surface area is 126 Å². The van der Waals surface area contributed by atoms with Gasteiger partial charge in [0, 0.05) is 12.1 Å². The van der Waals surface area contributed by atoms with Gasteiger partial charge in [0.15, 0.2) is 0 Å². The predicted octanol–water partition coefficient (Wildman–Crippen LogP) is 5.33. The molecule has 2 aliphatic carbocycles. The molecule has 106 valence electrons. The van der Waals surface area contributed by atoms with Gasteiger partial charge in [0.2, 0.25) is 0 Å². The third kappa shape index (κ3) is 2.82. The van der Waals surface area contributed by atoms with E-state index in [9.17, 15) is 0 Å². The zero-order valence-corrected chi connectivity index (χ0v) is 12.5. The van der Waals surface area contributed by atoms with E-state index >= 15 is 0 Å². The van der Waals surface area contributed by atoms with Crippen LogP contribution in [0, 0.1) is 11.3 Å². The molecule has 2 aliphatic rings. The second-order valence-corrected chi connectivity index (χ2v) is 5.77. The Morgan fingerprint density at radius 2 is 1.95 bits per heavy atom. The molecule has 0 fully saturated rings. The Balaban J connectivity index is 2.06. The summed E-state index contributed by atoms with van der Waals surface area (Å²) in [7, 11) is 0. The van der Waals surface area contributed by atoms with Crippen LogP contribution in [0.5, 0.6) is 0 Å². The van der Waals surface area contributed by atoms with Crippen LogP contribution >= 0.6 is 0 Å². The Bertz CT molecular complexity index is 656. The van der Waals surface area contributed by atoms with Gasteiger partial charge in [-0.05, 0) is 54.5 Å². The van der Waals surface area contributed by atoms with Crippen LogP contribution in [0.4, 0.5) is 0 Å². The predicted molar refractivity (Wildman–Crippen MR) is 90.5 cm³/mol. The molecule has 0 bridgehead atoms. The second kappa shape index (κ2) is 6.09. The van der Waals surface area contributed by atoms with Crippen molar-refractivity contribution in [2.45, 2.75) is 26.2 Å². The molecule has 1 N–H and O–H groups in total. The highest BCUT2D eigenvalue weighted by molar-refractivity contribution is 5.88. The smallest absolute Gasteiger partial charge is 0.0210 e. The maximum absolute atomic E-state index is 7.67. The summed E-state index contributed by atoms with van der Waals surface area (Å²) in [6, 6.07) is 10.5. The number of allylic oxidation sites excluding steroid dienone is 8. The van der Waals surface area contributed by atoms with Crippen LogP contribution in [0.3, 0.4) is 0 Å². The van der Waals surface area contributed by atoms with Crippen LogP contribution < -0.4 is 0 Å². The molecule has 0 radical (unpaired) electrons. The van der Waals surface area contributed by atoms with Crippen molar-refractivity contribution in [3.63, 3.8) is 0 Å². The summed E-state index contributed by atoms with van der Waals surface area (Å²) in [6.07, 6.45) is 13.8. The lowest BCUT2D eigenvalue weighted by molar-refractivity contribution is 0.715. The summed E-state index contributed by atoms with van der Waals surface area (Å²) in [5.74, 6) is 0.415. The molecule has 1 atom stereocenters. The number of nitrogens with one attached hydrogen (secondary N) is 1. The van der Waals surface area contributed by atoms with Gasteiger partial charge < -0.3 is 5.41 Å². The van der Waals surface area contributed by atoms with Gasteiger partial charge in [0.25, 0.3) is 0 Å². The first-order valence-electron chi connectivity index (χ1n) is 7.63. The molecule has 0 aliphatic heterocycles. The van der Waals surface area contributed by atoms with Gasteiger partial charge in [-0.25, -0.2) is 0 Å². The molecule has 0 heterocycles. The minimum absolute atomic E-state index is 0.415. The SMILES string of the molecule is CC1=C(c2ccccc2)C=C(C=N)CC1C1=CCCC=C1. The molecule has 1 unspecified atom stereocenters. The van der Waals surface area contributed by atoms with Crippen LogP contribution in [0.2, 0.25) is 0 Å².